The number of anilines is 1. The van der Waals surface area contributed by atoms with Gasteiger partial charge in [0.05, 0.1) is 5.69 Å². The van der Waals surface area contributed by atoms with Crippen molar-refractivity contribution in [3.8, 4) is 17.2 Å². The van der Waals surface area contributed by atoms with Crippen molar-refractivity contribution in [2.24, 2.45) is 0 Å². The fraction of sp³-hybridized carbons (Fsp3) is 0.0714. The molecule has 0 saturated carbocycles. The van der Waals surface area contributed by atoms with E-state index in [2.05, 4.69) is 16.4 Å². The van der Waals surface area contributed by atoms with Crippen LogP contribution >= 0.6 is 0 Å². The normalized spacial score (nSPS) is 13.1. The Kier molecular flexibility index (Phi) is 1.85. The number of oxazole rings is 1. The summed E-state index contributed by atoms with van der Waals surface area (Å²) >= 11 is 0. The highest BCUT2D eigenvalue weighted by atomic mass is 16.5. The second kappa shape index (κ2) is 3.50. The first kappa shape index (κ1) is 9.53. The number of benzene rings is 2. The zero-order chi connectivity index (χ0) is 11.9. The van der Waals surface area contributed by atoms with Gasteiger partial charge in [0, 0.05) is 5.56 Å². The molecule has 0 spiro atoms. The maximum atomic E-state index is 5.70. The highest BCUT2D eigenvalue weighted by Gasteiger charge is 2.14. The predicted octanol–water partition coefficient (Wildman–Crippen LogP) is 3.06. The third kappa shape index (κ3) is 1.35. The standard InChI is InChI=1S/C14H9N2O2/c1-2-4-13-10(3-1)16-14(18-13)9-5-6-12-11(7-9)15-8-17-12/h1-4,6-7,15H,8H2. The van der Waals surface area contributed by atoms with Gasteiger partial charge < -0.3 is 14.5 Å². The number of rotatable bonds is 1. The van der Waals surface area contributed by atoms with E-state index in [1.54, 1.807) is 6.07 Å². The van der Waals surface area contributed by atoms with Crippen LogP contribution in [0.3, 0.4) is 0 Å². The molecule has 1 N–H and O–H groups in total. The van der Waals surface area contributed by atoms with E-state index in [4.69, 9.17) is 9.15 Å². The molecule has 87 valence electrons. The van der Waals surface area contributed by atoms with Crippen LogP contribution in [-0.2, 0) is 0 Å². The quantitative estimate of drug-likeness (QED) is 0.706. The first-order valence-corrected chi connectivity index (χ1v) is 5.68. The van der Waals surface area contributed by atoms with Gasteiger partial charge in [-0.3, -0.25) is 0 Å². The lowest BCUT2D eigenvalue weighted by Gasteiger charge is -1.98. The van der Waals surface area contributed by atoms with Gasteiger partial charge in [-0.2, -0.15) is 0 Å². The van der Waals surface area contributed by atoms with Gasteiger partial charge in [0.25, 0.3) is 0 Å². The molecule has 4 rings (SSSR count). The monoisotopic (exact) mass is 237 g/mol. The highest BCUT2D eigenvalue weighted by molar-refractivity contribution is 5.77. The largest absolute Gasteiger partial charge is 0.471 e. The molecule has 18 heavy (non-hydrogen) atoms. The van der Waals surface area contributed by atoms with Crippen molar-refractivity contribution in [1.29, 1.82) is 0 Å². The Morgan fingerprint density at radius 2 is 2.22 bits per heavy atom. The van der Waals surface area contributed by atoms with E-state index in [0.717, 1.165) is 28.1 Å². The molecule has 1 radical (unpaired) electrons. The molecule has 0 atom stereocenters. The van der Waals surface area contributed by atoms with Crippen LogP contribution in [0.5, 0.6) is 5.75 Å². The van der Waals surface area contributed by atoms with Crippen LogP contribution in [0.15, 0.2) is 40.8 Å². The lowest BCUT2D eigenvalue weighted by Crippen LogP contribution is -1.96. The molecular weight excluding hydrogens is 228 g/mol. The van der Waals surface area contributed by atoms with Gasteiger partial charge in [-0.05, 0) is 30.3 Å². The first-order chi connectivity index (χ1) is 8.90. The molecule has 2 aromatic carbocycles. The first-order valence-electron chi connectivity index (χ1n) is 5.68. The van der Waals surface area contributed by atoms with E-state index in [9.17, 15) is 0 Å². The van der Waals surface area contributed by atoms with Crippen LogP contribution in [0.25, 0.3) is 22.6 Å². The molecule has 1 aromatic heterocycles. The molecule has 0 bridgehead atoms. The summed E-state index contributed by atoms with van der Waals surface area (Å²) in [7, 11) is 0. The van der Waals surface area contributed by atoms with E-state index in [1.165, 1.54) is 0 Å². The second-order valence-electron chi connectivity index (χ2n) is 4.08. The van der Waals surface area contributed by atoms with E-state index >= 15 is 0 Å². The van der Waals surface area contributed by atoms with Crippen LogP contribution in [0.4, 0.5) is 5.69 Å². The zero-order valence-electron chi connectivity index (χ0n) is 9.43. The smallest absolute Gasteiger partial charge is 0.228 e. The molecule has 4 nitrogen and oxygen atoms in total. The van der Waals surface area contributed by atoms with Crippen LogP contribution in [0.1, 0.15) is 0 Å². The summed E-state index contributed by atoms with van der Waals surface area (Å²) in [4.78, 5) is 4.44. The minimum Gasteiger partial charge on any atom is -0.471 e. The van der Waals surface area contributed by atoms with Crippen LogP contribution in [0, 0.1) is 6.07 Å². The van der Waals surface area contributed by atoms with E-state index < -0.39 is 0 Å². The van der Waals surface area contributed by atoms with Crippen LogP contribution < -0.4 is 10.1 Å². The minimum absolute atomic E-state index is 0.500. The Morgan fingerprint density at radius 1 is 1.28 bits per heavy atom. The summed E-state index contributed by atoms with van der Waals surface area (Å²) in [6.07, 6.45) is 0. The van der Waals surface area contributed by atoms with Crippen molar-refractivity contribution in [2.45, 2.75) is 0 Å². The van der Waals surface area contributed by atoms with Crippen molar-refractivity contribution >= 4 is 16.8 Å². The highest BCUT2D eigenvalue weighted by Crippen LogP contribution is 2.33. The number of hydrogen-bond acceptors (Lipinski definition) is 4. The number of aromatic nitrogens is 1. The van der Waals surface area contributed by atoms with Gasteiger partial charge in [-0.25, -0.2) is 4.98 Å². The predicted molar refractivity (Wildman–Crippen MR) is 67.4 cm³/mol. The Labute approximate surface area is 103 Å². The fourth-order valence-corrected chi connectivity index (χ4v) is 2.04. The Hall–Kier alpha value is -2.49. The lowest BCUT2D eigenvalue weighted by atomic mass is 10.2. The molecule has 0 fully saturated rings. The topological polar surface area (TPSA) is 47.3 Å². The zero-order valence-corrected chi connectivity index (χ0v) is 9.43. The minimum atomic E-state index is 0.500. The van der Waals surface area contributed by atoms with E-state index in [-0.39, 0.29) is 0 Å². The molecule has 4 heteroatoms. The summed E-state index contributed by atoms with van der Waals surface area (Å²) < 4.78 is 11.1. The number of ether oxygens (including phenoxy) is 1. The molecular formula is C14H9N2O2. The molecule has 3 aromatic rings. The van der Waals surface area contributed by atoms with Gasteiger partial charge in [0.1, 0.15) is 11.3 Å². The summed E-state index contributed by atoms with van der Waals surface area (Å²) in [5.74, 6) is 1.39. The lowest BCUT2D eigenvalue weighted by molar-refractivity contribution is 0.372. The summed E-state index contributed by atoms with van der Waals surface area (Å²) in [5.41, 5.74) is 3.41. The van der Waals surface area contributed by atoms with Crippen LogP contribution in [-0.4, -0.2) is 11.7 Å². The third-order valence-electron chi connectivity index (χ3n) is 2.93. The van der Waals surface area contributed by atoms with E-state index in [1.807, 2.05) is 30.3 Å². The number of nitrogens with zero attached hydrogens (tertiary/aromatic N) is 1. The molecule has 0 saturated heterocycles. The molecule has 0 unspecified atom stereocenters. The maximum absolute atomic E-state index is 5.70. The number of hydrogen-bond donors (Lipinski definition) is 1. The number of fused-ring (bicyclic) bond motifs is 2. The van der Waals surface area contributed by atoms with Gasteiger partial charge in [0.2, 0.25) is 5.89 Å². The summed E-state index contributed by atoms with van der Waals surface area (Å²) in [5, 5.41) is 3.13. The third-order valence-corrected chi connectivity index (χ3v) is 2.93. The van der Waals surface area contributed by atoms with Gasteiger partial charge in [0.15, 0.2) is 12.3 Å². The summed E-state index contributed by atoms with van der Waals surface area (Å²) in [6.45, 7) is 0.500. The number of para-hydroxylation sites is 2. The van der Waals surface area contributed by atoms with Crippen molar-refractivity contribution in [2.75, 3.05) is 12.0 Å². The molecule has 0 aliphatic carbocycles. The van der Waals surface area contributed by atoms with Crippen molar-refractivity contribution in [3.05, 3.63) is 42.5 Å². The fourth-order valence-electron chi connectivity index (χ4n) is 2.04. The van der Waals surface area contributed by atoms with Crippen molar-refractivity contribution < 1.29 is 9.15 Å². The molecule has 0 amide bonds. The van der Waals surface area contributed by atoms with Gasteiger partial charge >= 0.3 is 0 Å². The van der Waals surface area contributed by atoms with Crippen LogP contribution in [0.2, 0.25) is 0 Å². The SMILES string of the molecule is [c]1cc2c(cc1-c1nc3ccccc3o1)NCO2. The van der Waals surface area contributed by atoms with Crippen molar-refractivity contribution in [1.82, 2.24) is 4.98 Å². The average Bonchev–Trinajstić information content (AvgIpc) is 3.04. The Balaban J connectivity index is 1.86. The summed E-state index contributed by atoms with van der Waals surface area (Å²) in [6, 6.07) is 14.6. The Morgan fingerprint density at radius 3 is 3.17 bits per heavy atom. The van der Waals surface area contributed by atoms with Gasteiger partial charge in [-0.1, -0.05) is 12.1 Å². The van der Waals surface area contributed by atoms with Gasteiger partial charge in [-0.15, -0.1) is 0 Å². The maximum Gasteiger partial charge on any atom is 0.228 e. The Bertz CT molecular complexity index is 700. The van der Waals surface area contributed by atoms with E-state index in [0.29, 0.717) is 12.6 Å². The molecule has 1 aliphatic rings. The number of nitrogens with one attached hydrogen (secondary N) is 1. The molecule has 1 aliphatic heterocycles. The average molecular weight is 237 g/mol. The van der Waals surface area contributed by atoms with Crippen molar-refractivity contribution in [3.63, 3.8) is 0 Å². The second-order valence-corrected chi connectivity index (χ2v) is 4.08. The molecule has 2 heterocycles.